The summed E-state index contributed by atoms with van der Waals surface area (Å²) in [5.74, 6) is 0.599. The van der Waals surface area contributed by atoms with E-state index in [-0.39, 0.29) is 5.91 Å². The second-order valence-electron chi connectivity index (χ2n) is 6.37. The highest BCUT2D eigenvalue weighted by Crippen LogP contribution is 2.26. The number of nitrogens with one attached hydrogen (secondary N) is 1. The molecule has 0 bridgehead atoms. The lowest BCUT2D eigenvalue weighted by molar-refractivity contribution is -0.120. The highest BCUT2D eigenvalue weighted by molar-refractivity contribution is 6.42. The van der Waals surface area contributed by atoms with Crippen molar-refractivity contribution in [3.8, 4) is 5.69 Å². The zero-order chi connectivity index (χ0) is 17.9. The summed E-state index contributed by atoms with van der Waals surface area (Å²) in [5, 5.41) is 8.50. The zero-order valence-electron chi connectivity index (χ0n) is 14.5. The van der Waals surface area contributed by atoms with E-state index >= 15 is 0 Å². The smallest absolute Gasteiger partial charge is 0.224 e. The second kappa shape index (κ2) is 8.04. The lowest BCUT2D eigenvalue weighted by Crippen LogP contribution is -2.27. The molecule has 1 N–H and O–H groups in total. The number of hydrogen-bond acceptors (Lipinski definition) is 2. The number of aryl methyl sites for hydroxylation is 1. The van der Waals surface area contributed by atoms with E-state index in [9.17, 15) is 4.79 Å². The van der Waals surface area contributed by atoms with Crippen LogP contribution in [-0.2, 0) is 11.2 Å². The van der Waals surface area contributed by atoms with Gasteiger partial charge in [-0.05, 0) is 44.4 Å². The summed E-state index contributed by atoms with van der Waals surface area (Å²) in [6, 6.07) is 5.38. The minimum Gasteiger partial charge on any atom is -0.356 e. The normalized spacial score (nSPS) is 11.1. The number of amides is 1. The molecule has 0 saturated carbocycles. The van der Waals surface area contributed by atoms with E-state index in [2.05, 4.69) is 24.3 Å². The summed E-state index contributed by atoms with van der Waals surface area (Å²) in [6.45, 7) is 8.86. The van der Waals surface area contributed by atoms with Crippen LogP contribution in [0.5, 0.6) is 0 Å². The maximum absolute atomic E-state index is 12.2. The molecule has 1 heterocycles. The topological polar surface area (TPSA) is 46.9 Å². The zero-order valence-corrected chi connectivity index (χ0v) is 16.0. The van der Waals surface area contributed by atoms with Crippen LogP contribution in [0.1, 0.15) is 37.2 Å². The van der Waals surface area contributed by atoms with E-state index in [1.807, 2.05) is 19.9 Å². The van der Waals surface area contributed by atoms with Crippen LogP contribution < -0.4 is 5.32 Å². The van der Waals surface area contributed by atoms with Gasteiger partial charge in [0.05, 0.1) is 27.8 Å². The van der Waals surface area contributed by atoms with Crippen molar-refractivity contribution in [2.24, 2.45) is 5.92 Å². The van der Waals surface area contributed by atoms with Gasteiger partial charge in [0.2, 0.25) is 5.91 Å². The predicted molar refractivity (Wildman–Crippen MR) is 99.2 cm³/mol. The average Bonchev–Trinajstić information content (AvgIpc) is 2.78. The van der Waals surface area contributed by atoms with Crippen molar-refractivity contribution in [2.75, 3.05) is 6.54 Å². The van der Waals surface area contributed by atoms with Gasteiger partial charge in [0, 0.05) is 17.8 Å². The van der Waals surface area contributed by atoms with Gasteiger partial charge in [0.1, 0.15) is 0 Å². The molecule has 0 spiro atoms. The Hall–Kier alpha value is -1.52. The third-order valence-electron chi connectivity index (χ3n) is 3.97. The molecule has 0 saturated heterocycles. The molecular formula is C18H23Cl2N3O. The third-order valence-corrected chi connectivity index (χ3v) is 4.71. The Labute approximate surface area is 153 Å². The first-order chi connectivity index (χ1) is 11.3. The van der Waals surface area contributed by atoms with Crippen LogP contribution in [0.3, 0.4) is 0 Å². The molecule has 2 aromatic rings. The van der Waals surface area contributed by atoms with Crippen molar-refractivity contribution in [3.05, 3.63) is 45.2 Å². The van der Waals surface area contributed by atoms with Gasteiger partial charge in [0.25, 0.3) is 0 Å². The highest BCUT2D eigenvalue weighted by Gasteiger charge is 2.16. The lowest BCUT2D eigenvalue weighted by Gasteiger charge is -2.08. The first kappa shape index (κ1) is 18.8. The van der Waals surface area contributed by atoms with Crippen molar-refractivity contribution in [1.29, 1.82) is 0 Å². The van der Waals surface area contributed by atoms with Gasteiger partial charge in [-0.2, -0.15) is 5.10 Å². The third kappa shape index (κ3) is 4.52. The summed E-state index contributed by atoms with van der Waals surface area (Å²) < 4.78 is 1.80. The maximum atomic E-state index is 12.2. The van der Waals surface area contributed by atoms with Crippen LogP contribution in [-0.4, -0.2) is 22.2 Å². The van der Waals surface area contributed by atoms with Gasteiger partial charge in [-0.15, -0.1) is 0 Å². The molecule has 1 aromatic carbocycles. The van der Waals surface area contributed by atoms with E-state index in [4.69, 9.17) is 23.2 Å². The Morgan fingerprint density at radius 3 is 2.58 bits per heavy atom. The van der Waals surface area contributed by atoms with Crippen molar-refractivity contribution in [2.45, 2.75) is 40.5 Å². The Balaban J connectivity index is 2.16. The fraction of sp³-hybridized carbons (Fsp3) is 0.444. The Kier molecular flexibility index (Phi) is 6.30. The SMILES string of the molecule is Cc1nn(-c2ccc(Cl)c(Cl)c2)c(C)c1CC(=O)NCCC(C)C. The number of nitrogens with zero attached hydrogens (tertiary/aromatic N) is 2. The van der Waals surface area contributed by atoms with Gasteiger partial charge >= 0.3 is 0 Å². The Morgan fingerprint density at radius 1 is 1.25 bits per heavy atom. The number of carbonyl (C=O) groups excluding carboxylic acids is 1. The van der Waals surface area contributed by atoms with Crippen molar-refractivity contribution < 1.29 is 4.79 Å². The van der Waals surface area contributed by atoms with Gasteiger partial charge in [-0.25, -0.2) is 4.68 Å². The van der Waals surface area contributed by atoms with Crippen LogP contribution in [0.15, 0.2) is 18.2 Å². The Morgan fingerprint density at radius 2 is 1.96 bits per heavy atom. The molecule has 0 atom stereocenters. The molecule has 0 unspecified atom stereocenters. The van der Waals surface area contributed by atoms with Gasteiger partial charge in [0.15, 0.2) is 0 Å². The molecule has 1 amide bonds. The van der Waals surface area contributed by atoms with Gasteiger partial charge in [-0.3, -0.25) is 4.79 Å². The molecule has 0 aliphatic heterocycles. The molecule has 130 valence electrons. The summed E-state index contributed by atoms with van der Waals surface area (Å²) >= 11 is 12.1. The summed E-state index contributed by atoms with van der Waals surface area (Å²) in [7, 11) is 0. The molecule has 4 nitrogen and oxygen atoms in total. The first-order valence-corrected chi connectivity index (χ1v) is 8.82. The van der Waals surface area contributed by atoms with E-state index < -0.39 is 0 Å². The molecule has 0 radical (unpaired) electrons. The van der Waals surface area contributed by atoms with Gasteiger partial charge in [-0.1, -0.05) is 37.0 Å². The summed E-state index contributed by atoms with van der Waals surface area (Å²) in [4.78, 5) is 12.2. The number of halogens is 2. The standard InChI is InChI=1S/C18H23Cl2N3O/c1-11(2)7-8-21-18(24)10-15-12(3)22-23(13(15)4)14-5-6-16(19)17(20)9-14/h5-6,9,11H,7-8,10H2,1-4H3,(H,21,24). The number of benzene rings is 1. The maximum Gasteiger partial charge on any atom is 0.224 e. The monoisotopic (exact) mass is 367 g/mol. The van der Waals surface area contributed by atoms with Crippen LogP contribution >= 0.6 is 23.2 Å². The number of hydrogen-bond donors (Lipinski definition) is 1. The summed E-state index contributed by atoms with van der Waals surface area (Å²) in [6.07, 6.45) is 1.31. The van der Waals surface area contributed by atoms with E-state index in [1.54, 1.807) is 16.8 Å². The molecular weight excluding hydrogens is 345 g/mol. The molecule has 0 fully saturated rings. The molecule has 0 aliphatic carbocycles. The molecule has 1 aromatic heterocycles. The van der Waals surface area contributed by atoms with Crippen molar-refractivity contribution in [1.82, 2.24) is 15.1 Å². The van der Waals surface area contributed by atoms with Crippen LogP contribution in [0.25, 0.3) is 5.69 Å². The number of aromatic nitrogens is 2. The number of rotatable bonds is 6. The number of carbonyl (C=O) groups is 1. The molecule has 2 rings (SSSR count). The predicted octanol–water partition coefficient (Wildman–Crippen LogP) is 4.50. The van der Waals surface area contributed by atoms with Crippen LogP contribution in [0.2, 0.25) is 10.0 Å². The van der Waals surface area contributed by atoms with Crippen LogP contribution in [0.4, 0.5) is 0 Å². The highest BCUT2D eigenvalue weighted by atomic mass is 35.5. The molecule has 24 heavy (non-hydrogen) atoms. The molecule has 0 aliphatic rings. The Bertz CT molecular complexity index is 738. The fourth-order valence-electron chi connectivity index (χ4n) is 2.52. The van der Waals surface area contributed by atoms with E-state index in [0.29, 0.717) is 28.9 Å². The van der Waals surface area contributed by atoms with Gasteiger partial charge < -0.3 is 5.32 Å². The lowest BCUT2D eigenvalue weighted by atomic mass is 10.1. The summed E-state index contributed by atoms with van der Waals surface area (Å²) in [5.41, 5.74) is 3.56. The minimum atomic E-state index is 0.0236. The first-order valence-electron chi connectivity index (χ1n) is 8.06. The van der Waals surface area contributed by atoms with Crippen molar-refractivity contribution in [3.63, 3.8) is 0 Å². The fourth-order valence-corrected chi connectivity index (χ4v) is 2.81. The van der Waals surface area contributed by atoms with E-state index in [0.717, 1.165) is 29.1 Å². The second-order valence-corrected chi connectivity index (χ2v) is 7.18. The minimum absolute atomic E-state index is 0.0236. The van der Waals surface area contributed by atoms with Crippen molar-refractivity contribution >= 4 is 29.1 Å². The quantitative estimate of drug-likeness (QED) is 0.816. The average molecular weight is 368 g/mol. The molecule has 6 heteroatoms. The van der Waals surface area contributed by atoms with E-state index in [1.165, 1.54) is 0 Å². The largest absolute Gasteiger partial charge is 0.356 e. The van der Waals surface area contributed by atoms with Crippen LogP contribution in [0, 0.1) is 19.8 Å².